The predicted octanol–water partition coefficient (Wildman–Crippen LogP) is -1.07. The molecular formula is C8H17BN2O3. The average molecular weight is 200 g/mol. The Labute approximate surface area is 84.5 Å². The quantitative estimate of drug-likeness (QED) is 0.448. The maximum Gasteiger partial charge on any atom is 0.376 e. The molecule has 14 heavy (non-hydrogen) atoms. The van der Waals surface area contributed by atoms with E-state index in [1.165, 1.54) is 0 Å². The number of hydrogen-bond donors (Lipinski definition) is 2. The van der Waals surface area contributed by atoms with Gasteiger partial charge >= 0.3 is 13.0 Å². The third-order valence-corrected chi connectivity index (χ3v) is 2.31. The van der Waals surface area contributed by atoms with E-state index in [2.05, 4.69) is 5.32 Å². The number of piperazine rings is 1. The summed E-state index contributed by atoms with van der Waals surface area (Å²) in [7, 11) is -0.506. The van der Waals surface area contributed by atoms with Gasteiger partial charge in [-0.1, -0.05) is 0 Å². The zero-order chi connectivity index (χ0) is 10.6. The summed E-state index contributed by atoms with van der Waals surface area (Å²) < 4.78 is 4.90. The largest absolute Gasteiger partial charge is 0.465 e. The van der Waals surface area contributed by atoms with Crippen LogP contribution in [0.3, 0.4) is 0 Å². The maximum atomic E-state index is 11.4. The van der Waals surface area contributed by atoms with Crippen molar-refractivity contribution < 1.29 is 14.6 Å². The lowest BCUT2D eigenvalue weighted by molar-refractivity contribution is -0.146. The molecule has 0 aliphatic carbocycles. The molecule has 1 saturated heterocycles. The Balaban J connectivity index is 2.43. The van der Waals surface area contributed by atoms with E-state index in [9.17, 15) is 9.82 Å². The van der Waals surface area contributed by atoms with E-state index < -0.39 is 7.05 Å². The van der Waals surface area contributed by atoms with E-state index >= 15 is 0 Å². The van der Waals surface area contributed by atoms with Crippen LogP contribution in [0.1, 0.15) is 6.92 Å². The van der Waals surface area contributed by atoms with Crippen LogP contribution in [0.5, 0.6) is 0 Å². The summed E-state index contributed by atoms with van der Waals surface area (Å²) in [6, 6.07) is -0.307. The molecule has 1 fully saturated rings. The van der Waals surface area contributed by atoms with Gasteiger partial charge in [-0.2, -0.15) is 0 Å². The Bertz CT molecular complexity index is 201. The summed E-state index contributed by atoms with van der Waals surface area (Å²) in [6.07, 6.45) is 0. The molecule has 1 unspecified atom stereocenters. The molecule has 0 amide bonds. The van der Waals surface area contributed by atoms with Crippen molar-refractivity contribution in [2.24, 2.45) is 0 Å². The smallest absolute Gasteiger partial charge is 0.376 e. The molecule has 1 atom stereocenters. The second-order valence-corrected chi connectivity index (χ2v) is 3.39. The first-order valence-corrected chi connectivity index (χ1v) is 4.97. The Hall–Kier alpha value is -0.585. The summed E-state index contributed by atoms with van der Waals surface area (Å²) in [6.45, 7) is 5.85. The number of ether oxygens (including phenoxy) is 1. The second kappa shape index (κ2) is 5.33. The molecule has 1 aliphatic heterocycles. The maximum absolute atomic E-state index is 11.4. The fourth-order valence-corrected chi connectivity index (χ4v) is 1.51. The minimum atomic E-state index is -0.506. The normalized spacial score (nSPS) is 23.2. The molecule has 2 N–H and O–H groups in total. The van der Waals surface area contributed by atoms with Gasteiger partial charge in [0.05, 0.1) is 6.61 Å². The number of carbonyl (C=O) groups is 1. The molecule has 5 nitrogen and oxygen atoms in total. The second-order valence-electron chi connectivity index (χ2n) is 3.39. The van der Waals surface area contributed by atoms with Gasteiger partial charge in [-0.05, 0) is 13.7 Å². The van der Waals surface area contributed by atoms with Gasteiger partial charge in [0.15, 0.2) is 0 Å². The zero-order valence-corrected chi connectivity index (χ0v) is 8.69. The van der Waals surface area contributed by atoms with Crippen LogP contribution < -0.4 is 5.32 Å². The summed E-state index contributed by atoms with van der Waals surface area (Å²) in [5.41, 5.74) is 0. The number of hydrogen-bond acceptors (Lipinski definition) is 5. The van der Waals surface area contributed by atoms with Crippen molar-refractivity contribution in [2.45, 2.75) is 19.8 Å². The number of esters is 1. The number of carbonyl (C=O) groups excluding carboxylic acids is 1. The van der Waals surface area contributed by atoms with Gasteiger partial charge in [-0.15, -0.1) is 0 Å². The molecule has 1 rings (SSSR count). The van der Waals surface area contributed by atoms with Crippen molar-refractivity contribution in [1.82, 2.24) is 10.1 Å². The molecule has 1 heterocycles. The van der Waals surface area contributed by atoms with Crippen LogP contribution >= 0.6 is 0 Å². The summed E-state index contributed by atoms with van der Waals surface area (Å²) >= 11 is 0. The highest BCUT2D eigenvalue weighted by molar-refractivity contribution is 6.45. The molecule has 0 bridgehead atoms. The lowest BCUT2D eigenvalue weighted by Gasteiger charge is -2.32. The summed E-state index contributed by atoms with van der Waals surface area (Å²) in [5, 5.41) is 12.4. The van der Waals surface area contributed by atoms with E-state index in [0.29, 0.717) is 19.7 Å². The van der Waals surface area contributed by atoms with Gasteiger partial charge in [0, 0.05) is 19.6 Å². The first-order valence-electron chi connectivity index (χ1n) is 4.97. The first-order chi connectivity index (χ1) is 6.65. The highest BCUT2D eigenvalue weighted by Crippen LogP contribution is 2.02. The Morgan fingerprint density at radius 3 is 3.07 bits per heavy atom. The van der Waals surface area contributed by atoms with Gasteiger partial charge < -0.3 is 19.9 Å². The molecule has 1 aliphatic rings. The molecule has 6 heteroatoms. The van der Waals surface area contributed by atoms with Crippen LogP contribution in [0.2, 0.25) is 6.82 Å². The number of nitrogens with zero attached hydrogens (tertiary/aromatic N) is 1. The van der Waals surface area contributed by atoms with Crippen LogP contribution in [0, 0.1) is 0 Å². The monoisotopic (exact) mass is 200 g/mol. The van der Waals surface area contributed by atoms with Crippen LogP contribution in [0.15, 0.2) is 0 Å². The first kappa shape index (κ1) is 11.5. The van der Waals surface area contributed by atoms with Crippen LogP contribution in [0.25, 0.3) is 0 Å². The number of nitrogens with one attached hydrogen (secondary N) is 1. The fourth-order valence-electron chi connectivity index (χ4n) is 1.51. The molecule has 0 radical (unpaired) electrons. The minimum absolute atomic E-state index is 0.238. The lowest BCUT2D eigenvalue weighted by atomic mass is 9.83. The third kappa shape index (κ3) is 2.97. The minimum Gasteiger partial charge on any atom is -0.465 e. The van der Waals surface area contributed by atoms with Gasteiger partial charge in [0.25, 0.3) is 0 Å². The third-order valence-electron chi connectivity index (χ3n) is 2.31. The Morgan fingerprint density at radius 1 is 1.79 bits per heavy atom. The summed E-state index contributed by atoms with van der Waals surface area (Å²) in [4.78, 5) is 13.2. The standard InChI is InChI=1S/C8H17BN2O3/c1-3-14-8(12)7-6-11(9(2)13)5-4-10-7/h7,10,13H,3-6H2,1-2H3. The molecule has 0 aromatic rings. The van der Waals surface area contributed by atoms with Crippen LogP contribution in [0.4, 0.5) is 0 Å². The summed E-state index contributed by atoms with van der Waals surface area (Å²) in [5.74, 6) is -0.238. The average Bonchev–Trinajstić information content (AvgIpc) is 2.18. The number of rotatable bonds is 3. The SMILES string of the molecule is CCOC(=O)C1CN(B(C)O)CCN1. The fraction of sp³-hybridized carbons (Fsp3) is 0.875. The van der Waals surface area contributed by atoms with Crippen molar-refractivity contribution >= 4 is 13.0 Å². The van der Waals surface area contributed by atoms with Gasteiger partial charge in [-0.3, -0.25) is 4.79 Å². The van der Waals surface area contributed by atoms with E-state index in [0.717, 1.165) is 6.54 Å². The van der Waals surface area contributed by atoms with E-state index in [-0.39, 0.29) is 12.0 Å². The molecular weight excluding hydrogens is 183 g/mol. The molecule has 0 spiro atoms. The molecule has 0 saturated carbocycles. The molecule has 80 valence electrons. The van der Waals surface area contributed by atoms with Gasteiger partial charge in [0.2, 0.25) is 0 Å². The topological polar surface area (TPSA) is 61.8 Å². The van der Waals surface area contributed by atoms with E-state index in [1.807, 2.05) is 4.81 Å². The Morgan fingerprint density at radius 2 is 2.50 bits per heavy atom. The predicted molar refractivity (Wildman–Crippen MR) is 53.8 cm³/mol. The van der Waals surface area contributed by atoms with Crippen LogP contribution in [-0.2, 0) is 9.53 Å². The zero-order valence-electron chi connectivity index (χ0n) is 8.69. The van der Waals surface area contributed by atoms with Crippen molar-refractivity contribution in [3.63, 3.8) is 0 Å². The van der Waals surface area contributed by atoms with Gasteiger partial charge in [0.1, 0.15) is 6.04 Å². The van der Waals surface area contributed by atoms with Crippen LogP contribution in [-0.4, -0.2) is 55.1 Å². The van der Waals surface area contributed by atoms with Gasteiger partial charge in [-0.25, -0.2) is 0 Å². The highest BCUT2D eigenvalue weighted by atomic mass is 16.5. The van der Waals surface area contributed by atoms with E-state index in [1.54, 1.807) is 13.7 Å². The molecule has 0 aromatic carbocycles. The van der Waals surface area contributed by atoms with Crippen molar-refractivity contribution in [1.29, 1.82) is 0 Å². The molecule has 0 aromatic heterocycles. The highest BCUT2D eigenvalue weighted by Gasteiger charge is 2.29. The van der Waals surface area contributed by atoms with E-state index in [4.69, 9.17) is 4.74 Å². The van der Waals surface area contributed by atoms with Crippen molar-refractivity contribution in [2.75, 3.05) is 26.2 Å². The van der Waals surface area contributed by atoms with Crippen molar-refractivity contribution in [3.05, 3.63) is 0 Å². The van der Waals surface area contributed by atoms with Crippen molar-refractivity contribution in [3.8, 4) is 0 Å². The lowest BCUT2D eigenvalue weighted by Crippen LogP contribution is -2.58. The Kier molecular flexibility index (Phi) is 4.38.